The number of esters is 2. The highest BCUT2D eigenvalue weighted by Crippen LogP contribution is 2.69. The first-order valence-corrected chi connectivity index (χ1v) is 23.9. The predicted molar refractivity (Wildman–Crippen MR) is 232 cm³/mol. The van der Waals surface area contributed by atoms with Gasteiger partial charge in [0.1, 0.15) is 30.2 Å². The molecule has 7 rings (SSSR count). The third-order valence-corrected chi connectivity index (χ3v) is 16.7. The van der Waals surface area contributed by atoms with Gasteiger partial charge >= 0.3 is 11.9 Å². The maximum Gasteiger partial charge on any atom is 0.338 e. The second-order valence-corrected chi connectivity index (χ2v) is 21.1. The lowest BCUT2D eigenvalue weighted by molar-refractivity contribution is -0.340. The van der Waals surface area contributed by atoms with Gasteiger partial charge in [-0.3, -0.25) is 4.79 Å². The average Bonchev–Trinajstić information content (AvgIpc) is 3.54. The van der Waals surface area contributed by atoms with Gasteiger partial charge in [0.25, 0.3) is 0 Å². The van der Waals surface area contributed by atoms with Gasteiger partial charge in [0.2, 0.25) is 0 Å². The minimum absolute atomic E-state index is 0.00673. The van der Waals surface area contributed by atoms with Gasteiger partial charge in [-0.1, -0.05) is 40.5 Å². The normalized spacial score (nSPS) is 42.3. The van der Waals surface area contributed by atoms with Crippen LogP contribution >= 0.6 is 0 Å². The number of rotatable bonds is 15. The van der Waals surface area contributed by atoms with Crippen LogP contribution in [0.25, 0.3) is 0 Å². The Hall–Kier alpha value is -2.40. The summed E-state index contributed by atoms with van der Waals surface area (Å²) in [6.45, 7) is 11.5. The number of ether oxygens (including phenoxy) is 7. The highest BCUT2D eigenvalue weighted by Gasteiger charge is 2.64. The summed E-state index contributed by atoms with van der Waals surface area (Å²) in [5.41, 5.74) is 0.390. The molecular formula is C49H77NO13. The molecule has 19 atom stereocenters. The minimum atomic E-state index is -1.59. The minimum Gasteiger partial charge on any atom is -0.497 e. The van der Waals surface area contributed by atoms with E-state index in [0.29, 0.717) is 41.3 Å². The lowest BCUT2D eigenvalue weighted by Crippen LogP contribution is -2.62. The summed E-state index contributed by atoms with van der Waals surface area (Å²) in [4.78, 5) is 28.4. The molecule has 6 fully saturated rings. The smallest absolute Gasteiger partial charge is 0.338 e. The lowest BCUT2D eigenvalue weighted by atomic mass is 9.44. The summed E-state index contributed by atoms with van der Waals surface area (Å²) in [5, 5.41) is 43.9. The van der Waals surface area contributed by atoms with E-state index in [1.807, 2.05) is 0 Å². The van der Waals surface area contributed by atoms with Crippen molar-refractivity contribution in [1.82, 2.24) is 4.90 Å². The first-order chi connectivity index (χ1) is 29.9. The van der Waals surface area contributed by atoms with Crippen molar-refractivity contribution in [3.63, 3.8) is 0 Å². The van der Waals surface area contributed by atoms with E-state index in [0.717, 1.165) is 70.8 Å². The SMILES string of the molecule is COc1ccc(C(=O)O[C@H]2[C@H](O[C@@H]3[C@@H](OC(C)=O)[C@H](O[C@H]4CC5C6CC[C@H]7C[C@@H](O)CC[C@]7(C)C6CC[C@]5(C)[C@H]4[C@H](C)CCC[C@@H](C)CN(C)C)OC[C@@H]3O)OC[C@@H](O)[C@@H]2O)cc1. The van der Waals surface area contributed by atoms with E-state index in [-0.39, 0.29) is 47.7 Å². The molecule has 6 aliphatic rings. The fraction of sp³-hybridized carbons (Fsp3) is 0.837. The fourth-order valence-corrected chi connectivity index (χ4v) is 13.7. The van der Waals surface area contributed by atoms with Gasteiger partial charge in [0.05, 0.1) is 38.1 Å². The van der Waals surface area contributed by atoms with Gasteiger partial charge in [0, 0.05) is 13.5 Å². The Morgan fingerprint density at radius 1 is 0.810 bits per heavy atom. The topological polar surface area (TPSA) is 183 Å². The highest BCUT2D eigenvalue weighted by molar-refractivity contribution is 5.89. The van der Waals surface area contributed by atoms with Gasteiger partial charge in [-0.15, -0.1) is 0 Å². The van der Waals surface area contributed by atoms with Crippen LogP contribution in [0.5, 0.6) is 5.75 Å². The summed E-state index contributed by atoms with van der Waals surface area (Å²) in [7, 11) is 5.76. The summed E-state index contributed by atoms with van der Waals surface area (Å²) in [5.74, 6) is 2.32. The fourth-order valence-electron chi connectivity index (χ4n) is 13.7. The van der Waals surface area contributed by atoms with Crippen molar-refractivity contribution in [3.05, 3.63) is 29.8 Å². The Morgan fingerprint density at radius 3 is 2.17 bits per heavy atom. The van der Waals surface area contributed by atoms with Crippen LogP contribution in [0.15, 0.2) is 24.3 Å². The Kier molecular flexibility index (Phi) is 15.6. The second kappa shape index (κ2) is 20.2. The van der Waals surface area contributed by atoms with Crippen LogP contribution < -0.4 is 4.74 Å². The molecule has 1 aromatic carbocycles. The number of hydrogen-bond acceptors (Lipinski definition) is 14. The molecular weight excluding hydrogens is 811 g/mol. The predicted octanol–water partition coefficient (Wildman–Crippen LogP) is 5.35. The largest absolute Gasteiger partial charge is 0.497 e. The Bertz CT molecular complexity index is 1680. The van der Waals surface area contributed by atoms with Crippen molar-refractivity contribution in [1.29, 1.82) is 0 Å². The second-order valence-electron chi connectivity index (χ2n) is 21.1. The third kappa shape index (κ3) is 10.3. The summed E-state index contributed by atoms with van der Waals surface area (Å²) in [6, 6.07) is 6.21. The van der Waals surface area contributed by atoms with E-state index < -0.39 is 61.1 Å². The molecule has 0 amide bonds. The Morgan fingerprint density at radius 2 is 1.49 bits per heavy atom. The zero-order valence-corrected chi connectivity index (χ0v) is 38.9. The first-order valence-electron chi connectivity index (χ1n) is 23.9. The molecule has 14 nitrogen and oxygen atoms in total. The van der Waals surface area contributed by atoms with Crippen molar-refractivity contribution in [2.24, 2.45) is 52.3 Å². The van der Waals surface area contributed by atoms with Crippen LogP contribution in [0.2, 0.25) is 0 Å². The van der Waals surface area contributed by atoms with Crippen LogP contribution in [-0.4, -0.2) is 140 Å². The lowest BCUT2D eigenvalue weighted by Gasteiger charge is -2.61. The van der Waals surface area contributed by atoms with Crippen LogP contribution in [0.4, 0.5) is 0 Å². The van der Waals surface area contributed by atoms with Crippen LogP contribution in [0, 0.1) is 52.3 Å². The molecule has 2 saturated heterocycles. The number of methoxy groups -OCH3 is 1. The molecule has 2 aliphatic heterocycles. The molecule has 0 aromatic heterocycles. The van der Waals surface area contributed by atoms with E-state index in [9.17, 15) is 30.0 Å². The number of aliphatic hydroxyl groups is 4. The van der Waals surface area contributed by atoms with Gasteiger partial charge in [-0.2, -0.15) is 0 Å². The summed E-state index contributed by atoms with van der Waals surface area (Å²) < 4.78 is 42.6. The van der Waals surface area contributed by atoms with Crippen molar-refractivity contribution < 1.29 is 63.2 Å². The summed E-state index contributed by atoms with van der Waals surface area (Å²) in [6.07, 6.45) is 0.273. The van der Waals surface area contributed by atoms with E-state index in [1.165, 1.54) is 32.6 Å². The zero-order chi connectivity index (χ0) is 45.4. The Labute approximate surface area is 374 Å². The van der Waals surface area contributed by atoms with Gasteiger partial charge < -0.3 is 58.5 Å². The molecule has 14 heteroatoms. The third-order valence-electron chi connectivity index (χ3n) is 16.7. The van der Waals surface area contributed by atoms with E-state index >= 15 is 0 Å². The van der Waals surface area contributed by atoms with Gasteiger partial charge in [-0.05, 0) is 148 Å². The number of benzene rings is 1. The number of carbonyl (C=O) groups excluding carboxylic acids is 2. The highest BCUT2D eigenvalue weighted by atomic mass is 16.7. The van der Waals surface area contributed by atoms with Crippen molar-refractivity contribution in [2.45, 2.75) is 167 Å². The molecule has 2 heterocycles. The van der Waals surface area contributed by atoms with Crippen molar-refractivity contribution in [2.75, 3.05) is 41.0 Å². The van der Waals surface area contributed by atoms with E-state index in [4.69, 9.17) is 33.2 Å². The van der Waals surface area contributed by atoms with Gasteiger partial charge in [-0.25, -0.2) is 4.79 Å². The zero-order valence-electron chi connectivity index (χ0n) is 38.9. The van der Waals surface area contributed by atoms with Crippen LogP contribution in [0.1, 0.15) is 116 Å². The molecule has 0 bridgehead atoms. The summed E-state index contributed by atoms with van der Waals surface area (Å²) >= 11 is 0. The molecule has 4 aliphatic carbocycles. The number of nitrogens with zero attached hydrogens (tertiary/aromatic N) is 1. The number of hydrogen-bond donors (Lipinski definition) is 4. The molecule has 0 spiro atoms. The maximum absolute atomic E-state index is 13.3. The number of carbonyl (C=O) groups is 2. The average molecular weight is 888 g/mol. The van der Waals surface area contributed by atoms with Crippen molar-refractivity contribution in [3.8, 4) is 5.75 Å². The first kappa shape index (κ1) is 48.5. The Balaban J connectivity index is 1.13. The monoisotopic (exact) mass is 888 g/mol. The van der Waals surface area contributed by atoms with Crippen LogP contribution in [0.3, 0.4) is 0 Å². The molecule has 356 valence electrons. The quantitative estimate of drug-likeness (QED) is 0.165. The molecule has 4 saturated carbocycles. The van der Waals surface area contributed by atoms with Gasteiger partial charge in [0.15, 0.2) is 24.8 Å². The van der Waals surface area contributed by atoms with E-state index in [1.54, 1.807) is 12.1 Å². The molecule has 4 N–H and O–H groups in total. The molecule has 1 aromatic rings. The molecule has 0 radical (unpaired) electrons. The van der Waals surface area contributed by atoms with Crippen molar-refractivity contribution >= 4 is 11.9 Å². The number of aliphatic hydroxyl groups excluding tert-OH is 4. The standard InChI is InChI=1S/C49H77NO13/c1-27(24-50(6)7)10-9-11-28(2)40-39(23-36-34-17-14-31-22-32(52)18-20-48(31,4)35(34)19-21-49(36,40)5)61-47-44(60-29(3)51)42(38(54)26-59-47)63-46-43(41(55)37(53)25-58-46)62-45(56)30-12-15-33(57-8)16-13-30/h12-13,15-16,27-28,31-32,34-44,46-47,52-55H,9-11,14,17-26H2,1-8H3/t27-,28-,31+,32+,34?,35?,36?,37-,38+,39+,40+,41+,42+,43-,44-,46+,47+,48+,49+/m1/s1. The maximum atomic E-state index is 13.3. The molecule has 63 heavy (non-hydrogen) atoms. The molecule has 3 unspecified atom stereocenters. The van der Waals surface area contributed by atoms with Crippen LogP contribution in [-0.2, 0) is 33.2 Å². The van der Waals surface area contributed by atoms with E-state index in [2.05, 4.69) is 46.7 Å². The number of fused-ring (bicyclic) bond motifs is 5.